The van der Waals surface area contributed by atoms with Gasteiger partial charge in [0.15, 0.2) is 0 Å². The van der Waals surface area contributed by atoms with Crippen LogP contribution >= 0.6 is 0 Å². The molecule has 0 saturated heterocycles. The number of esters is 1. The summed E-state index contributed by atoms with van der Waals surface area (Å²) in [5.74, 6) is -1.19. The molecule has 6 heteroatoms. The van der Waals surface area contributed by atoms with Gasteiger partial charge in [0.1, 0.15) is 6.67 Å². The normalized spacial score (nSPS) is 17.7. The molecule has 2 nitrogen and oxygen atoms in total. The molecular weight excluding hydrogens is 240 g/mol. The highest BCUT2D eigenvalue weighted by Crippen LogP contribution is 2.34. The van der Waals surface area contributed by atoms with Crippen molar-refractivity contribution in [3.8, 4) is 0 Å². The summed E-state index contributed by atoms with van der Waals surface area (Å²) < 4.78 is 53.2. The predicted molar refractivity (Wildman–Crippen MR) is 55.1 cm³/mol. The molecule has 0 radical (unpaired) electrons. The van der Waals surface area contributed by atoms with Crippen molar-refractivity contribution in [2.75, 3.05) is 6.67 Å². The van der Waals surface area contributed by atoms with Crippen LogP contribution in [0.5, 0.6) is 0 Å². The van der Waals surface area contributed by atoms with Crippen LogP contribution in [-0.4, -0.2) is 24.9 Å². The van der Waals surface area contributed by atoms with E-state index in [-0.39, 0.29) is 5.92 Å². The SMILES string of the molecule is CC[C@](C)(C(=O)OC(CF)C(F)(F)F)C(C)C. The average Bonchev–Trinajstić information content (AvgIpc) is 2.22. The van der Waals surface area contributed by atoms with Crippen molar-refractivity contribution in [1.29, 1.82) is 0 Å². The van der Waals surface area contributed by atoms with Gasteiger partial charge in [0.05, 0.1) is 5.41 Å². The minimum absolute atomic E-state index is 0.187. The monoisotopic (exact) mass is 258 g/mol. The van der Waals surface area contributed by atoms with Crippen molar-refractivity contribution in [2.24, 2.45) is 11.3 Å². The van der Waals surface area contributed by atoms with Crippen LogP contribution in [0.15, 0.2) is 0 Å². The van der Waals surface area contributed by atoms with Crippen molar-refractivity contribution in [3.05, 3.63) is 0 Å². The van der Waals surface area contributed by atoms with Crippen LogP contribution in [0, 0.1) is 11.3 Å². The van der Waals surface area contributed by atoms with E-state index in [1.807, 2.05) is 0 Å². The third kappa shape index (κ3) is 3.85. The number of carbonyl (C=O) groups is 1. The molecule has 0 N–H and O–H groups in total. The number of hydrogen-bond donors (Lipinski definition) is 0. The predicted octanol–water partition coefficient (Wildman–Crippen LogP) is 3.50. The number of hydrogen-bond acceptors (Lipinski definition) is 2. The van der Waals surface area contributed by atoms with E-state index in [9.17, 15) is 22.4 Å². The zero-order chi connectivity index (χ0) is 13.9. The van der Waals surface area contributed by atoms with Crippen molar-refractivity contribution in [3.63, 3.8) is 0 Å². The summed E-state index contributed by atoms with van der Waals surface area (Å²) in [6.45, 7) is 4.86. The maximum absolute atomic E-state index is 12.3. The van der Waals surface area contributed by atoms with Gasteiger partial charge < -0.3 is 4.74 Å². The van der Waals surface area contributed by atoms with Gasteiger partial charge in [0.25, 0.3) is 0 Å². The fourth-order valence-electron chi connectivity index (χ4n) is 1.24. The Labute approximate surface area is 98.3 Å². The third-order valence-corrected chi connectivity index (χ3v) is 3.23. The van der Waals surface area contributed by atoms with Crippen LogP contribution < -0.4 is 0 Å². The Morgan fingerprint density at radius 3 is 2.00 bits per heavy atom. The van der Waals surface area contributed by atoms with Gasteiger partial charge in [-0.1, -0.05) is 20.8 Å². The summed E-state index contributed by atoms with van der Waals surface area (Å²) in [5, 5.41) is 0. The van der Waals surface area contributed by atoms with Gasteiger partial charge in [-0.3, -0.25) is 4.79 Å². The van der Waals surface area contributed by atoms with E-state index in [0.29, 0.717) is 6.42 Å². The molecule has 0 aliphatic carbocycles. The molecule has 0 aliphatic rings. The van der Waals surface area contributed by atoms with E-state index in [4.69, 9.17) is 0 Å². The largest absolute Gasteiger partial charge is 0.449 e. The molecule has 0 aromatic rings. The summed E-state index contributed by atoms with van der Waals surface area (Å²) in [5.41, 5.74) is -1.03. The number of carbonyl (C=O) groups excluding carboxylic acids is 1. The van der Waals surface area contributed by atoms with Crippen molar-refractivity contribution in [1.82, 2.24) is 0 Å². The van der Waals surface area contributed by atoms with E-state index < -0.39 is 30.3 Å². The summed E-state index contributed by atoms with van der Waals surface area (Å²) >= 11 is 0. The van der Waals surface area contributed by atoms with E-state index in [1.165, 1.54) is 6.92 Å². The lowest BCUT2D eigenvalue weighted by molar-refractivity contribution is -0.230. The zero-order valence-electron chi connectivity index (χ0n) is 10.4. The van der Waals surface area contributed by atoms with Crippen molar-refractivity contribution >= 4 is 5.97 Å². The van der Waals surface area contributed by atoms with Gasteiger partial charge in [-0.25, -0.2) is 4.39 Å². The highest BCUT2D eigenvalue weighted by molar-refractivity contribution is 5.76. The summed E-state index contributed by atoms with van der Waals surface area (Å²) in [6.07, 6.45) is -7.20. The molecule has 1 unspecified atom stereocenters. The molecule has 0 aliphatic heterocycles. The van der Waals surface area contributed by atoms with Crippen LogP contribution in [0.1, 0.15) is 34.1 Å². The molecule has 17 heavy (non-hydrogen) atoms. The molecule has 0 amide bonds. The molecule has 102 valence electrons. The van der Waals surface area contributed by atoms with E-state index in [0.717, 1.165) is 0 Å². The fourth-order valence-corrected chi connectivity index (χ4v) is 1.24. The first-order valence-corrected chi connectivity index (χ1v) is 5.43. The molecule has 0 aromatic heterocycles. The van der Waals surface area contributed by atoms with Crippen LogP contribution in [0.2, 0.25) is 0 Å². The third-order valence-electron chi connectivity index (χ3n) is 3.23. The Bertz CT molecular complexity index is 263. The molecule has 0 aromatic carbocycles. The Balaban J connectivity index is 4.84. The quantitative estimate of drug-likeness (QED) is 0.557. The molecule has 0 spiro atoms. The Morgan fingerprint density at radius 1 is 1.29 bits per heavy atom. The van der Waals surface area contributed by atoms with E-state index in [2.05, 4.69) is 4.74 Å². The number of ether oxygens (including phenoxy) is 1. The highest BCUT2D eigenvalue weighted by Gasteiger charge is 2.46. The number of halogens is 4. The second-order valence-electron chi connectivity index (χ2n) is 4.52. The van der Waals surface area contributed by atoms with Crippen LogP contribution in [0.3, 0.4) is 0 Å². The van der Waals surface area contributed by atoms with Gasteiger partial charge in [-0.15, -0.1) is 0 Å². The van der Waals surface area contributed by atoms with Gasteiger partial charge in [-0.05, 0) is 19.3 Å². The highest BCUT2D eigenvalue weighted by atomic mass is 19.4. The summed E-state index contributed by atoms with van der Waals surface area (Å²) in [7, 11) is 0. The van der Waals surface area contributed by atoms with Crippen LogP contribution in [0.4, 0.5) is 17.6 Å². The topological polar surface area (TPSA) is 26.3 Å². The lowest BCUT2D eigenvalue weighted by Gasteiger charge is -2.31. The second kappa shape index (κ2) is 5.69. The fraction of sp³-hybridized carbons (Fsp3) is 0.909. The van der Waals surface area contributed by atoms with Crippen LogP contribution in [-0.2, 0) is 9.53 Å². The number of alkyl halides is 4. The van der Waals surface area contributed by atoms with Gasteiger partial charge in [0, 0.05) is 0 Å². The first-order chi connectivity index (χ1) is 7.59. The molecule has 0 rings (SSSR count). The average molecular weight is 258 g/mol. The Kier molecular flexibility index (Phi) is 5.42. The van der Waals surface area contributed by atoms with Gasteiger partial charge >= 0.3 is 12.1 Å². The molecule has 0 heterocycles. The minimum Gasteiger partial charge on any atom is -0.449 e. The minimum atomic E-state index is -4.87. The second-order valence-corrected chi connectivity index (χ2v) is 4.52. The molecule has 2 atom stereocenters. The standard InChI is InChI=1S/C11H18F4O2/c1-5-10(4,7(2)3)9(16)17-8(6-12)11(13,14)15/h7-8H,5-6H2,1-4H3/t8?,10-/m0/s1. The Morgan fingerprint density at radius 2 is 1.76 bits per heavy atom. The first-order valence-electron chi connectivity index (χ1n) is 5.43. The lowest BCUT2D eigenvalue weighted by atomic mass is 9.77. The van der Waals surface area contributed by atoms with Crippen LogP contribution in [0.25, 0.3) is 0 Å². The lowest BCUT2D eigenvalue weighted by Crippen LogP contribution is -2.42. The summed E-state index contributed by atoms with van der Waals surface area (Å²) in [4.78, 5) is 11.7. The maximum Gasteiger partial charge on any atom is 0.428 e. The molecule has 0 fully saturated rings. The summed E-state index contributed by atoms with van der Waals surface area (Å²) in [6, 6.07) is 0. The van der Waals surface area contributed by atoms with E-state index >= 15 is 0 Å². The maximum atomic E-state index is 12.3. The van der Waals surface area contributed by atoms with Crippen molar-refractivity contribution in [2.45, 2.75) is 46.4 Å². The number of rotatable bonds is 5. The first kappa shape index (κ1) is 16.2. The van der Waals surface area contributed by atoms with Gasteiger partial charge in [-0.2, -0.15) is 13.2 Å². The molecule has 0 bridgehead atoms. The zero-order valence-corrected chi connectivity index (χ0v) is 10.4. The molecule has 0 saturated carbocycles. The molecular formula is C11H18F4O2. The van der Waals surface area contributed by atoms with E-state index in [1.54, 1.807) is 20.8 Å². The van der Waals surface area contributed by atoms with Crippen molar-refractivity contribution < 1.29 is 27.1 Å². The Hall–Kier alpha value is -0.810. The smallest absolute Gasteiger partial charge is 0.428 e. The van der Waals surface area contributed by atoms with Gasteiger partial charge in [0.2, 0.25) is 6.10 Å².